The molecule has 0 saturated heterocycles. The van der Waals surface area contributed by atoms with Gasteiger partial charge >= 0.3 is 6.09 Å². The molecule has 2 aromatic heterocycles. The Bertz CT molecular complexity index is 2740. The van der Waals surface area contributed by atoms with Gasteiger partial charge in [0.2, 0.25) is 8.32 Å². The molecule has 328 valence electrons. The van der Waals surface area contributed by atoms with E-state index in [2.05, 4.69) is 57.5 Å². The van der Waals surface area contributed by atoms with Gasteiger partial charge in [-0.2, -0.15) is 0 Å². The van der Waals surface area contributed by atoms with E-state index in [4.69, 9.17) is 20.8 Å². The van der Waals surface area contributed by atoms with Crippen molar-refractivity contribution in [2.75, 3.05) is 11.4 Å². The molecule has 8 rings (SSSR count). The molecule has 2 aliphatic heterocycles. The molecular formula is C51H58ClN5O5Si. The number of amides is 3. The molecule has 0 radical (unpaired) electrons. The number of hydrogen-bond acceptors (Lipinski definition) is 5. The molecule has 4 heterocycles. The fourth-order valence-corrected chi connectivity index (χ4v) is 9.63. The fourth-order valence-electron chi connectivity index (χ4n) is 8.43. The minimum atomic E-state index is -2.15. The van der Waals surface area contributed by atoms with Crippen LogP contribution in [0.1, 0.15) is 86.0 Å². The number of ether oxygens (including phenoxy) is 1. The van der Waals surface area contributed by atoms with Crippen LogP contribution in [0.2, 0.25) is 23.2 Å². The third-order valence-electron chi connectivity index (χ3n) is 12.9. The van der Waals surface area contributed by atoms with Crippen molar-refractivity contribution in [3.8, 4) is 17.0 Å². The molecule has 2 aliphatic rings. The predicted octanol–water partition coefficient (Wildman–Crippen LogP) is 12.0. The van der Waals surface area contributed by atoms with Crippen molar-refractivity contribution >= 4 is 60.1 Å². The summed E-state index contributed by atoms with van der Waals surface area (Å²) in [5.41, 5.74) is 6.83. The first kappa shape index (κ1) is 43.8. The predicted molar refractivity (Wildman–Crippen MR) is 255 cm³/mol. The molecule has 0 bridgehead atoms. The number of carbonyl (C=O) groups is 3. The molecule has 10 nitrogen and oxygen atoms in total. The summed E-state index contributed by atoms with van der Waals surface area (Å²) >= 11 is 6.78. The molecule has 4 aromatic carbocycles. The minimum absolute atomic E-state index is 0.00309. The molecule has 6 aromatic rings. The van der Waals surface area contributed by atoms with E-state index in [1.165, 1.54) is 5.56 Å². The van der Waals surface area contributed by atoms with E-state index in [0.29, 0.717) is 64.1 Å². The van der Waals surface area contributed by atoms with E-state index in [9.17, 15) is 9.59 Å². The third kappa shape index (κ3) is 8.65. The molecule has 0 fully saturated rings. The maximum absolute atomic E-state index is 15.7. The summed E-state index contributed by atoms with van der Waals surface area (Å²) in [6.07, 6.45) is 2.29. The van der Waals surface area contributed by atoms with E-state index >= 15 is 4.79 Å². The Morgan fingerprint density at radius 2 is 1.49 bits per heavy atom. The smallest absolute Gasteiger partial charge is 0.410 e. The van der Waals surface area contributed by atoms with Gasteiger partial charge in [0.25, 0.3) is 11.8 Å². The zero-order chi connectivity index (χ0) is 45.2. The Labute approximate surface area is 377 Å². The number of fused-ring (bicyclic) bond motifs is 3. The Morgan fingerprint density at radius 1 is 0.794 bits per heavy atom. The summed E-state index contributed by atoms with van der Waals surface area (Å²) in [6.45, 7) is 20.0. The second kappa shape index (κ2) is 16.4. The van der Waals surface area contributed by atoms with Gasteiger partial charge in [-0.15, -0.1) is 0 Å². The van der Waals surface area contributed by atoms with Gasteiger partial charge < -0.3 is 28.1 Å². The van der Waals surface area contributed by atoms with Gasteiger partial charge in [-0.1, -0.05) is 56.6 Å². The number of rotatable bonds is 7. The largest absolute Gasteiger partial charge is 0.544 e. The topological polar surface area (TPSA) is 89.3 Å². The average molecular weight is 885 g/mol. The van der Waals surface area contributed by atoms with Crippen molar-refractivity contribution in [1.29, 1.82) is 0 Å². The number of carbonyl (C=O) groups excluding carboxylic acids is 3. The van der Waals surface area contributed by atoms with Gasteiger partial charge in [0.1, 0.15) is 11.4 Å². The molecule has 63 heavy (non-hydrogen) atoms. The first-order valence-corrected chi connectivity index (χ1v) is 25.0. The van der Waals surface area contributed by atoms with Crippen LogP contribution < -0.4 is 9.33 Å². The summed E-state index contributed by atoms with van der Waals surface area (Å²) in [5, 5.41) is 1.45. The fraction of sp³-hybridized carbons (Fsp3) is 0.353. The van der Waals surface area contributed by atoms with Gasteiger partial charge in [-0.05, 0) is 136 Å². The molecule has 3 amide bonds. The van der Waals surface area contributed by atoms with E-state index in [1.54, 1.807) is 21.9 Å². The second-order valence-corrected chi connectivity index (χ2v) is 24.7. The molecule has 0 unspecified atom stereocenters. The molecule has 0 aliphatic carbocycles. The molecule has 0 spiro atoms. The standard InChI is InChI=1S/C51H58ClN5O5Si/c1-33-27-34-13-11-12-14-36(34)31-56(33)47(58)41-21-15-37(52)29-42(41)45-30-43(46-32-54(25-26-55(45)46)49(60)61-50(2,3)4)48(59)57(39-18-22-44-35(28-39)23-24-53(44)8)38-16-19-40(20-17-38)62-63(9,10)51(5,6)7/h11-24,28-30,33H,25-27,31-32H2,1-10H3/t33-/m1/s1. The lowest BCUT2D eigenvalue weighted by atomic mass is 9.93. The van der Waals surface area contributed by atoms with E-state index in [1.807, 2.05) is 116 Å². The lowest BCUT2D eigenvalue weighted by molar-refractivity contribution is 0.0198. The van der Waals surface area contributed by atoms with Crippen LogP contribution in [-0.4, -0.2) is 63.3 Å². The van der Waals surface area contributed by atoms with Crippen LogP contribution in [0.3, 0.4) is 0 Å². The van der Waals surface area contributed by atoms with Crippen LogP contribution in [0.4, 0.5) is 16.2 Å². The van der Waals surface area contributed by atoms with Crippen LogP contribution >= 0.6 is 11.6 Å². The van der Waals surface area contributed by atoms with Crippen molar-refractivity contribution in [2.24, 2.45) is 7.05 Å². The number of benzene rings is 4. The van der Waals surface area contributed by atoms with E-state index < -0.39 is 20.0 Å². The summed E-state index contributed by atoms with van der Waals surface area (Å²) in [4.78, 5) is 49.5. The van der Waals surface area contributed by atoms with Gasteiger partial charge in [-0.25, -0.2) is 4.79 Å². The monoisotopic (exact) mass is 883 g/mol. The van der Waals surface area contributed by atoms with Gasteiger partial charge in [-0.3, -0.25) is 14.5 Å². The van der Waals surface area contributed by atoms with E-state index in [0.717, 1.165) is 28.6 Å². The Morgan fingerprint density at radius 3 is 2.19 bits per heavy atom. The Kier molecular flexibility index (Phi) is 11.4. The minimum Gasteiger partial charge on any atom is -0.544 e. The lowest BCUT2D eigenvalue weighted by Crippen LogP contribution is -2.43. The summed E-state index contributed by atoms with van der Waals surface area (Å²) in [5.74, 6) is 0.342. The molecule has 1 atom stereocenters. The molecular weight excluding hydrogens is 826 g/mol. The first-order valence-electron chi connectivity index (χ1n) is 21.8. The Hall–Kier alpha value is -5.78. The number of nitrogens with zero attached hydrogens (tertiary/aromatic N) is 5. The summed E-state index contributed by atoms with van der Waals surface area (Å²) in [7, 11) is -0.149. The zero-order valence-electron chi connectivity index (χ0n) is 38.1. The second-order valence-electron chi connectivity index (χ2n) is 19.6. The van der Waals surface area contributed by atoms with Gasteiger partial charge in [0.05, 0.1) is 23.5 Å². The quantitative estimate of drug-likeness (QED) is 0.149. The van der Waals surface area contributed by atoms with Gasteiger partial charge in [0.15, 0.2) is 0 Å². The maximum Gasteiger partial charge on any atom is 0.410 e. The molecule has 0 N–H and O–H groups in total. The molecule has 12 heteroatoms. The highest BCUT2D eigenvalue weighted by atomic mass is 35.5. The van der Waals surface area contributed by atoms with Crippen molar-refractivity contribution < 1.29 is 23.5 Å². The average Bonchev–Trinajstić information content (AvgIpc) is 3.79. The van der Waals surface area contributed by atoms with Crippen molar-refractivity contribution in [3.05, 3.63) is 136 Å². The Balaban J connectivity index is 1.26. The highest BCUT2D eigenvalue weighted by molar-refractivity contribution is 6.74. The van der Waals surface area contributed by atoms with Crippen LogP contribution in [0, 0.1) is 0 Å². The van der Waals surface area contributed by atoms with Crippen LogP contribution in [0.15, 0.2) is 103 Å². The third-order valence-corrected chi connectivity index (χ3v) is 17.5. The summed E-state index contributed by atoms with van der Waals surface area (Å²) < 4.78 is 16.6. The van der Waals surface area contributed by atoms with Crippen molar-refractivity contribution in [2.45, 2.75) is 104 Å². The maximum atomic E-state index is 15.7. The SMILES string of the molecule is C[C@@H]1Cc2ccccc2CN1C(=O)c1ccc(Cl)cc1-c1cc(C(=O)N(c2ccc(O[Si](C)(C)C(C)(C)C)cc2)c2ccc3c(ccn3C)c2)c2n1CCN(C(=O)OC(C)(C)C)C2. The van der Waals surface area contributed by atoms with Crippen LogP contribution in [0.5, 0.6) is 5.75 Å². The van der Waals surface area contributed by atoms with E-state index in [-0.39, 0.29) is 29.4 Å². The van der Waals surface area contributed by atoms with Crippen molar-refractivity contribution in [1.82, 2.24) is 18.9 Å². The highest BCUT2D eigenvalue weighted by Crippen LogP contribution is 2.41. The van der Waals surface area contributed by atoms with Crippen LogP contribution in [0.25, 0.3) is 22.2 Å². The zero-order valence-corrected chi connectivity index (χ0v) is 39.8. The number of anilines is 2. The summed E-state index contributed by atoms with van der Waals surface area (Å²) in [6, 6.07) is 31.2. The lowest BCUT2D eigenvalue weighted by Gasteiger charge is -2.36. The number of aromatic nitrogens is 2. The normalized spacial score (nSPS) is 15.5. The highest BCUT2D eigenvalue weighted by Gasteiger charge is 2.39. The number of halogens is 1. The molecule has 0 saturated carbocycles. The first-order chi connectivity index (χ1) is 29.7. The number of hydrogen-bond donors (Lipinski definition) is 0. The van der Waals surface area contributed by atoms with Crippen molar-refractivity contribution in [3.63, 3.8) is 0 Å². The van der Waals surface area contributed by atoms with Crippen LogP contribution in [-0.2, 0) is 37.8 Å². The van der Waals surface area contributed by atoms with Gasteiger partial charge in [0, 0.05) is 77.3 Å². The number of aryl methyl sites for hydroxylation is 1.